The van der Waals surface area contributed by atoms with Gasteiger partial charge in [-0.2, -0.15) is 0 Å². The van der Waals surface area contributed by atoms with Gasteiger partial charge < -0.3 is 0 Å². The second kappa shape index (κ2) is 11.4. The predicted octanol–water partition coefficient (Wildman–Crippen LogP) is 14.8. The minimum atomic E-state index is 1.24. The molecule has 0 aliphatic rings. The first-order chi connectivity index (χ1) is 25.8. The van der Waals surface area contributed by atoms with Crippen LogP contribution in [0.4, 0.5) is 0 Å². The summed E-state index contributed by atoms with van der Waals surface area (Å²) in [5, 5.41) is 17.9. The Morgan fingerprint density at radius 3 is 1.21 bits per heavy atom. The molecule has 0 aliphatic carbocycles. The van der Waals surface area contributed by atoms with Crippen LogP contribution in [0.5, 0.6) is 0 Å². The fourth-order valence-electron chi connectivity index (χ4n) is 8.91. The summed E-state index contributed by atoms with van der Waals surface area (Å²) >= 11 is 0. The zero-order valence-electron chi connectivity index (χ0n) is 28.5. The molecule has 240 valence electrons. The normalized spacial score (nSPS) is 11.8. The van der Waals surface area contributed by atoms with E-state index in [1.165, 1.54) is 109 Å². The Kier molecular flexibility index (Phi) is 6.35. The minimum Gasteiger partial charge on any atom is -0.0622 e. The third-order valence-corrected chi connectivity index (χ3v) is 11.2. The highest BCUT2D eigenvalue weighted by Crippen LogP contribution is 2.48. The lowest BCUT2D eigenvalue weighted by atomic mass is 9.82. The first-order valence-electron chi connectivity index (χ1n) is 18.1. The van der Waals surface area contributed by atoms with E-state index in [4.69, 9.17) is 0 Å². The van der Waals surface area contributed by atoms with Crippen LogP contribution in [0.2, 0.25) is 0 Å². The topological polar surface area (TPSA) is 0 Å². The molecule has 0 N–H and O–H groups in total. The fourth-order valence-corrected chi connectivity index (χ4v) is 8.91. The predicted molar refractivity (Wildman–Crippen MR) is 225 cm³/mol. The fraction of sp³-hybridized carbons (Fsp3) is 0. The van der Waals surface area contributed by atoms with Gasteiger partial charge in [-0.05, 0) is 127 Å². The van der Waals surface area contributed by atoms with Gasteiger partial charge in [-0.3, -0.25) is 0 Å². The van der Waals surface area contributed by atoms with Gasteiger partial charge >= 0.3 is 0 Å². The number of benzene rings is 11. The Morgan fingerprint density at radius 1 is 0.212 bits per heavy atom. The van der Waals surface area contributed by atoms with Gasteiger partial charge in [0.1, 0.15) is 0 Å². The molecule has 0 heteroatoms. The zero-order valence-corrected chi connectivity index (χ0v) is 28.5. The summed E-state index contributed by atoms with van der Waals surface area (Å²) in [6.45, 7) is 0. The van der Waals surface area contributed by atoms with Crippen LogP contribution in [0, 0.1) is 0 Å². The third kappa shape index (κ3) is 4.28. The van der Waals surface area contributed by atoms with E-state index < -0.39 is 0 Å². The van der Waals surface area contributed by atoms with Gasteiger partial charge in [-0.25, -0.2) is 0 Å². The summed E-state index contributed by atoms with van der Waals surface area (Å²) in [7, 11) is 0. The quantitative estimate of drug-likeness (QED) is 0.131. The summed E-state index contributed by atoms with van der Waals surface area (Å²) in [5.74, 6) is 0. The van der Waals surface area contributed by atoms with Crippen molar-refractivity contribution in [3.05, 3.63) is 194 Å². The van der Waals surface area contributed by atoms with E-state index in [9.17, 15) is 0 Å². The second-order valence-electron chi connectivity index (χ2n) is 14.0. The first kappa shape index (κ1) is 29.0. The average molecular weight is 657 g/mol. The molecule has 0 saturated carbocycles. The van der Waals surface area contributed by atoms with E-state index in [-0.39, 0.29) is 0 Å². The van der Waals surface area contributed by atoms with Crippen LogP contribution < -0.4 is 0 Å². The van der Waals surface area contributed by atoms with Crippen molar-refractivity contribution in [2.24, 2.45) is 0 Å². The third-order valence-electron chi connectivity index (χ3n) is 11.2. The second-order valence-corrected chi connectivity index (χ2v) is 14.0. The van der Waals surface area contributed by atoms with Crippen molar-refractivity contribution >= 4 is 75.4 Å². The van der Waals surface area contributed by atoms with Crippen LogP contribution in [-0.2, 0) is 0 Å². The van der Waals surface area contributed by atoms with Gasteiger partial charge in [-0.15, -0.1) is 0 Å². The molecule has 0 radical (unpaired) electrons. The highest BCUT2D eigenvalue weighted by Gasteiger charge is 2.20. The van der Waals surface area contributed by atoms with Gasteiger partial charge in [0.05, 0.1) is 0 Å². The molecule has 0 unspecified atom stereocenters. The molecule has 0 atom stereocenters. The van der Waals surface area contributed by atoms with E-state index >= 15 is 0 Å². The van der Waals surface area contributed by atoms with Crippen LogP contribution in [0.15, 0.2) is 194 Å². The lowest BCUT2D eigenvalue weighted by Gasteiger charge is -2.21. The maximum Gasteiger partial charge on any atom is -0.00199 e. The van der Waals surface area contributed by atoms with Crippen molar-refractivity contribution in [1.82, 2.24) is 0 Å². The van der Waals surface area contributed by atoms with Crippen LogP contribution in [0.1, 0.15) is 0 Å². The van der Waals surface area contributed by atoms with E-state index in [0.717, 1.165) is 0 Å². The van der Waals surface area contributed by atoms with E-state index in [2.05, 4.69) is 194 Å². The largest absolute Gasteiger partial charge is 0.0622 e. The Labute approximate surface area is 301 Å². The van der Waals surface area contributed by atoms with Crippen LogP contribution in [-0.4, -0.2) is 0 Å². The van der Waals surface area contributed by atoms with Crippen molar-refractivity contribution in [2.75, 3.05) is 0 Å². The van der Waals surface area contributed by atoms with Crippen molar-refractivity contribution in [3.63, 3.8) is 0 Å². The molecule has 11 rings (SSSR count). The Hall–Kier alpha value is -6.76. The Morgan fingerprint density at radius 2 is 0.615 bits per heavy atom. The zero-order chi connectivity index (χ0) is 34.2. The molecule has 0 aliphatic heterocycles. The van der Waals surface area contributed by atoms with Gasteiger partial charge in [0.25, 0.3) is 0 Å². The molecule has 0 fully saturated rings. The molecule has 11 aromatic rings. The summed E-state index contributed by atoms with van der Waals surface area (Å²) in [6.07, 6.45) is 0. The van der Waals surface area contributed by atoms with Crippen molar-refractivity contribution in [1.29, 1.82) is 0 Å². The monoisotopic (exact) mass is 656 g/mol. The number of rotatable bonds is 3. The molecule has 0 saturated heterocycles. The molecule has 11 aromatic carbocycles. The van der Waals surface area contributed by atoms with E-state index in [1.54, 1.807) is 0 Å². The van der Waals surface area contributed by atoms with Gasteiger partial charge in [0.15, 0.2) is 0 Å². The molecule has 52 heavy (non-hydrogen) atoms. The Balaban J connectivity index is 1.23. The lowest BCUT2D eigenvalue weighted by Crippen LogP contribution is -1.93. The Bertz CT molecular complexity index is 3170. The summed E-state index contributed by atoms with van der Waals surface area (Å²) in [6, 6.07) is 71.8. The maximum absolute atomic E-state index is 2.49. The smallest absolute Gasteiger partial charge is 0.00199 e. The van der Waals surface area contributed by atoms with Crippen LogP contribution in [0.3, 0.4) is 0 Å². The molecule has 0 heterocycles. The van der Waals surface area contributed by atoms with Crippen LogP contribution in [0.25, 0.3) is 109 Å². The maximum atomic E-state index is 2.49. The average Bonchev–Trinajstić information content (AvgIpc) is 3.22. The minimum absolute atomic E-state index is 1.24. The number of hydrogen-bond acceptors (Lipinski definition) is 0. The van der Waals surface area contributed by atoms with Crippen LogP contribution >= 0.6 is 0 Å². The molecule has 0 aromatic heterocycles. The van der Waals surface area contributed by atoms with Gasteiger partial charge in [0, 0.05) is 0 Å². The number of hydrogen-bond donors (Lipinski definition) is 0. The molecular weight excluding hydrogens is 625 g/mol. The van der Waals surface area contributed by atoms with E-state index in [0.29, 0.717) is 0 Å². The molecular formula is C52H32. The lowest BCUT2D eigenvalue weighted by molar-refractivity contribution is 1.64. The van der Waals surface area contributed by atoms with Crippen molar-refractivity contribution in [2.45, 2.75) is 0 Å². The van der Waals surface area contributed by atoms with E-state index in [1.807, 2.05) is 0 Å². The SMILES string of the molecule is c1ccc(-c2ccc3cc(-c4c5ccccc5c(-c5cc6c7ccccc7c7ccccc7c6c6ccccc56)c5ccccc45)ccc3c2)cc1. The summed E-state index contributed by atoms with van der Waals surface area (Å²) < 4.78 is 0. The standard InChI is InChI=1S/C52H32/c1-2-14-33(15-3-1)34-26-27-36-31-37(29-28-35(36)30-34)50-44-22-10-12-24-46(44)52(47-25-13-11-23-45(47)50)49-32-48-40-18-5-4-16-38(40)39-17-6-8-20-42(39)51(48)43-21-9-7-19-41(43)49/h1-32H. The summed E-state index contributed by atoms with van der Waals surface area (Å²) in [4.78, 5) is 0. The number of fused-ring (bicyclic) bond motifs is 11. The van der Waals surface area contributed by atoms with Crippen molar-refractivity contribution < 1.29 is 0 Å². The first-order valence-corrected chi connectivity index (χ1v) is 18.1. The van der Waals surface area contributed by atoms with Gasteiger partial charge in [0.2, 0.25) is 0 Å². The highest BCUT2D eigenvalue weighted by atomic mass is 14.2. The van der Waals surface area contributed by atoms with Crippen molar-refractivity contribution in [3.8, 4) is 33.4 Å². The molecule has 0 nitrogen and oxygen atoms in total. The van der Waals surface area contributed by atoms with Gasteiger partial charge in [-0.1, -0.05) is 176 Å². The summed E-state index contributed by atoms with van der Waals surface area (Å²) in [5.41, 5.74) is 7.56. The molecule has 0 amide bonds. The highest BCUT2D eigenvalue weighted by molar-refractivity contribution is 6.34. The molecule has 0 bridgehead atoms. The molecule has 0 spiro atoms.